The second-order valence-corrected chi connectivity index (χ2v) is 18.1. The molecule has 0 radical (unpaired) electrons. The number of hydrogen-bond donors (Lipinski definition) is 0. The molecule has 0 spiro atoms. The van der Waals surface area contributed by atoms with E-state index >= 15 is 9.13 Å². The summed E-state index contributed by atoms with van der Waals surface area (Å²) in [5.74, 6) is 0. The van der Waals surface area contributed by atoms with Crippen LogP contribution in [0.15, 0.2) is 176 Å². The van der Waals surface area contributed by atoms with Gasteiger partial charge in [-0.2, -0.15) is 0 Å². The van der Waals surface area contributed by atoms with Gasteiger partial charge in [0.05, 0.1) is 16.7 Å². The van der Waals surface area contributed by atoms with E-state index in [1.807, 2.05) is 133 Å². The van der Waals surface area contributed by atoms with Gasteiger partial charge in [-0.15, -0.1) is 0 Å². The standard InChI is InChI=1S/C44H32N2O2P2/c47-49(34-14-4-1-5-15-34,35-16-6-2-7-17-35)37-26-24-33(25-27-37)46-42-22-11-10-20-39(42)40-31-38(28-29-43(40)46)50(48,36-18-8-3-9-19-36)44-30-23-32-13-12-21-41(32)45-44/h1-20,22-31H,21H2. The molecule has 2 aromatic heterocycles. The molecule has 0 saturated carbocycles. The van der Waals surface area contributed by atoms with Crippen LogP contribution in [0.4, 0.5) is 0 Å². The minimum absolute atomic E-state index is 0.603. The first-order chi connectivity index (χ1) is 24.5. The maximum Gasteiger partial charge on any atom is 0.188 e. The summed E-state index contributed by atoms with van der Waals surface area (Å²) in [5.41, 5.74) is 5.65. The predicted octanol–water partition coefficient (Wildman–Crippen LogP) is 8.03. The van der Waals surface area contributed by atoms with Crippen molar-refractivity contribution in [3.63, 3.8) is 0 Å². The Balaban J connectivity index is 1.20. The molecule has 6 aromatic carbocycles. The number of allylic oxidation sites excluding steroid dienone is 1. The monoisotopic (exact) mass is 682 g/mol. The highest BCUT2D eigenvalue weighted by Crippen LogP contribution is 2.45. The van der Waals surface area contributed by atoms with Gasteiger partial charge in [-0.3, -0.25) is 0 Å². The van der Waals surface area contributed by atoms with Gasteiger partial charge in [0.15, 0.2) is 14.3 Å². The average molecular weight is 683 g/mol. The van der Waals surface area contributed by atoms with Crippen LogP contribution in [-0.4, -0.2) is 9.55 Å². The van der Waals surface area contributed by atoms with Crippen LogP contribution in [0.1, 0.15) is 11.3 Å². The molecule has 0 fully saturated rings. The van der Waals surface area contributed by atoms with Crippen LogP contribution in [0.3, 0.4) is 0 Å². The fraction of sp³-hybridized carbons (Fsp3) is 0.0227. The van der Waals surface area contributed by atoms with Crippen molar-refractivity contribution in [2.24, 2.45) is 0 Å². The minimum Gasteiger partial charge on any atom is -0.309 e. The molecule has 0 bridgehead atoms. The molecular weight excluding hydrogens is 650 g/mol. The van der Waals surface area contributed by atoms with Gasteiger partial charge in [0.1, 0.15) is 5.44 Å². The first-order valence-corrected chi connectivity index (χ1v) is 20.2. The summed E-state index contributed by atoms with van der Waals surface area (Å²) in [5, 5.41) is 5.99. The summed E-state index contributed by atoms with van der Waals surface area (Å²) in [6.45, 7) is 0. The summed E-state index contributed by atoms with van der Waals surface area (Å²) in [7, 11) is -6.43. The summed E-state index contributed by atoms with van der Waals surface area (Å²) in [4.78, 5) is 4.99. The van der Waals surface area contributed by atoms with Gasteiger partial charge in [0.2, 0.25) is 0 Å². The molecule has 240 valence electrons. The Morgan fingerprint density at radius 1 is 0.480 bits per heavy atom. The lowest BCUT2D eigenvalue weighted by Gasteiger charge is -2.21. The fourth-order valence-corrected chi connectivity index (χ4v) is 12.5. The molecule has 50 heavy (non-hydrogen) atoms. The molecule has 6 heteroatoms. The van der Waals surface area contributed by atoms with E-state index in [1.165, 1.54) is 0 Å². The van der Waals surface area contributed by atoms with Crippen molar-refractivity contribution in [1.82, 2.24) is 9.55 Å². The van der Waals surface area contributed by atoms with Crippen LogP contribution in [0.5, 0.6) is 0 Å². The Hall–Kier alpha value is -5.53. The van der Waals surface area contributed by atoms with Crippen molar-refractivity contribution >= 4 is 74.1 Å². The third kappa shape index (κ3) is 4.79. The quantitative estimate of drug-likeness (QED) is 0.160. The second kappa shape index (κ2) is 12.1. The molecular formula is C44H32N2O2P2. The van der Waals surface area contributed by atoms with Crippen LogP contribution in [-0.2, 0) is 15.6 Å². The van der Waals surface area contributed by atoms with E-state index in [0.29, 0.717) is 5.44 Å². The largest absolute Gasteiger partial charge is 0.309 e. The number of hydrogen-bond acceptors (Lipinski definition) is 3. The van der Waals surface area contributed by atoms with E-state index in [2.05, 4.69) is 53.1 Å². The van der Waals surface area contributed by atoms with Gasteiger partial charge in [-0.1, -0.05) is 127 Å². The molecule has 2 heterocycles. The third-order valence-corrected chi connectivity index (χ3v) is 15.8. The first kappa shape index (κ1) is 30.5. The van der Waals surface area contributed by atoms with Crippen molar-refractivity contribution in [1.29, 1.82) is 0 Å². The third-order valence-electron chi connectivity index (χ3n) is 9.78. The number of rotatable bonds is 7. The Bertz CT molecular complexity index is 2620. The SMILES string of the molecule is O=P(c1ccccc1)(c1ccccc1)c1ccc(-n2c3ccccc3c3cc(P(=O)(c4ccccc4)c4ccc5c(n4)CC=C5)ccc32)cc1. The van der Waals surface area contributed by atoms with Gasteiger partial charge in [0.25, 0.3) is 0 Å². The van der Waals surface area contributed by atoms with Gasteiger partial charge < -0.3 is 13.7 Å². The predicted molar refractivity (Wildman–Crippen MR) is 210 cm³/mol. The summed E-state index contributed by atoms with van der Waals surface area (Å²) in [6, 6.07) is 55.9. The number of fused-ring (bicyclic) bond motifs is 4. The average Bonchev–Trinajstić information content (AvgIpc) is 3.80. The maximum absolute atomic E-state index is 15.5. The highest BCUT2D eigenvalue weighted by Gasteiger charge is 2.33. The zero-order chi connectivity index (χ0) is 33.7. The van der Waals surface area contributed by atoms with E-state index in [0.717, 1.165) is 71.7 Å². The molecule has 0 aliphatic heterocycles. The smallest absolute Gasteiger partial charge is 0.188 e. The van der Waals surface area contributed by atoms with Crippen LogP contribution >= 0.6 is 14.3 Å². The number of aromatic nitrogens is 2. The molecule has 1 aliphatic carbocycles. The molecule has 0 N–H and O–H groups in total. The van der Waals surface area contributed by atoms with Crippen LogP contribution in [0.2, 0.25) is 0 Å². The first-order valence-electron chi connectivity index (χ1n) is 16.7. The van der Waals surface area contributed by atoms with E-state index in [9.17, 15) is 0 Å². The second-order valence-electron chi connectivity index (χ2n) is 12.6. The van der Waals surface area contributed by atoms with Crippen molar-refractivity contribution in [3.05, 3.63) is 187 Å². The lowest BCUT2D eigenvalue weighted by atomic mass is 10.1. The molecule has 1 atom stereocenters. The Morgan fingerprint density at radius 2 is 1.02 bits per heavy atom. The molecule has 4 nitrogen and oxygen atoms in total. The minimum atomic E-state index is -3.32. The fourth-order valence-electron chi connectivity index (χ4n) is 7.31. The maximum atomic E-state index is 15.5. The number of para-hydroxylation sites is 1. The molecule has 0 amide bonds. The molecule has 1 aliphatic rings. The van der Waals surface area contributed by atoms with Crippen LogP contribution in [0, 0.1) is 0 Å². The van der Waals surface area contributed by atoms with Crippen molar-refractivity contribution < 1.29 is 9.13 Å². The zero-order valence-corrected chi connectivity index (χ0v) is 28.9. The topological polar surface area (TPSA) is 52.0 Å². The molecule has 1 unspecified atom stereocenters. The lowest BCUT2D eigenvalue weighted by molar-refractivity contribution is 0.591. The Kier molecular flexibility index (Phi) is 7.39. The van der Waals surface area contributed by atoms with Crippen molar-refractivity contribution in [2.45, 2.75) is 6.42 Å². The summed E-state index contributed by atoms with van der Waals surface area (Å²) < 4.78 is 32.8. The number of pyridine rings is 1. The van der Waals surface area contributed by atoms with E-state index in [1.54, 1.807) is 0 Å². The molecule has 0 saturated heterocycles. The van der Waals surface area contributed by atoms with Crippen LogP contribution < -0.4 is 32.0 Å². The van der Waals surface area contributed by atoms with Crippen molar-refractivity contribution in [2.75, 3.05) is 0 Å². The number of benzene rings is 6. The van der Waals surface area contributed by atoms with Crippen LogP contribution in [0.25, 0.3) is 33.6 Å². The molecule has 8 aromatic rings. The van der Waals surface area contributed by atoms with Gasteiger partial charge >= 0.3 is 0 Å². The lowest BCUT2D eigenvalue weighted by Crippen LogP contribution is -2.27. The molecule has 9 rings (SSSR count). The zero-order valence-electron chi connectivity index (χ0n) is 27.1. The highest BCUT2D eigenvalue weighted by atomic mass is 31.2. The number of nitrogens with zero attached hydrogens (tertiary/aromatic N) is 2. The Labute approximate surface area is 291 Å². The van der Waals surface area contributed by atoms with Gasteiger partial charge in [-0.05, 0) is 60.2 Å². The van der Waals surface area contributed by atoms with Crippen molar-refractivity contribution in [3.8, 4) is 5.69 Å². The highest BCUT2D eigenvalue weighted by molar-refractivity contribution is 7.85. The Morgan fingerprint density at radius 3 is 1.68 bits per heavy atom. The summed E-state index contributed by atoms with van der Waals surface area (Å²) >= 11 is 0. The van der Waals surface area contributed by atoms with E-state index < -0.39 is 14.3 Å². The normalized spacial score (nSPS) is 13.8. The van der Waals surface area contributed by atoms with E-state index in [4.69, 9.17) is 4.98 Å². The van der Waals surface area contributed by atoms with Gasteiger partial charge in [-0.25, -0.2) is 4.98 Å². The summed E-state index contributed by atoms with van der Waals surface area (Å²) in [6.07, 6.45) is 4.93. The van der Waals surface area contributed by atoms with Gasteiger partial charge in [0, 0.05) is 49.4 Å². The van der Waals surface area contributed by atoms with E-state index in [-0.39, 0.29) is 0 Å².